The molecule has 1 aliphatic rings. The second-order valence-corrected chi connectivity index (χ2v) is 4.65. The Morgan fingerprint density at radius 2 is 2.18 bits per heavy atom. The number of nitrogens with zero attached hydrogens (tertiary/aromatic N) is 2. The van der Waals surface area contributed by atoms with Crippen LogP contribution in [-0.4, -0.2) is 60.9 Å². The molecule has 0 saturated carbocycles. The first-order chi connectivity index (χ1) is 8.04. The summed E-state index contributed by atoms with van der Waals surface area (Å²) in [6.45, 7) is 6.53. The molecular formula is C12H23N3O2. The SMILES string of the molecule is CCNC(C)CC(=O)N1CCCN(C)C(=O)C1. The standard InChI is InChI=1S/C12H23N3O2/c1-4-13-10(2)8-11(16)15-7-5-6-14(3)12(17)9-15/h10,13H,4-9H2,1-3H3. The van der Waals surface area contributed by atoms with E-state index in [0.717, 1.165) is 19.5 Å². The molecule has 0 aromatic heterocycles. The van der Waals surface area contributed by atoms with Gasteiger partial charge in [0.15, 0.2) is 0 Å². The molecule has 1 heterocycles. The van der Waals surface area contributed by atoms with E-state index in [1.165, 1.54) is 0 Å². The summed E-state index contributed by atoms with van der Waals surface area (Å²) in [6, 6.07) is 0.170. The van der Waals surface area contributed by atoms with Gasteiger partial charge >= 0.3 is 0 Å². The third kappa shape index (κ3) is 4.34. The molecule has 2 amide bonds. The summed E-state index contributed by atoms with van der Waals surface area (Å²) in [5.41, 5.74) is 0. The van der Waals surface area contributed by atoms with Crippen molar-refractivity contribution in [3.8, 4) is 0 Å². The number of amides is 2. The summed E-state index contributed by atoms with van der Waals surface area (Å²) in [5.74, 6) is 0.106. The van der Waals surface area contributed by atoms with Gasteiger partial charge in [0, 0.05) is 32.6 Å². The van der Waals surface area contributed by atoms with Gasteiger partial charge in [0.1, 0.15) is 0 Å². The van der Waals surface area contributed by atoms with E-state index in [9.17, 15) is 9.59 Å². The largest absolute Gasteiger partial charge is 0.344 e. The molecule has 5 heteroatoms. The van der Waals surface area contributed by atoms with Crippen LogP contribution in [0.15, 0.2) is 0 Å². The van der Waals surface area contributed by atoms with E-state index in [2.05, 4.69) is 5.32 Å². The summed E-state index contributed by atoms with van der Waals surface area (Å²) in [6.07, 6.45) is 1.33. The lowest BCUT2D eigenvalue weighted by atomic mass is 10.2. The average Bonchev–Trinajstić information content (AvgIpc) is 2.42. The van der Waals surface area contributed by atoms with Crippen molar-refractivity contribution in [2.75, 3.05) is 33.2 Å². The van der Waals surface area contributed by atoms with E-state index in [0.29, 0.717) is 13.0 Å². The molecule has 5 nitrogen and oxygen atoms in total. The number of rotatable bonds is 4. The lowest BCUT2D eigenvalue weighted by Crippen LogP contribution is -2.40. The second kappa shape index (κ2) is 6.59. The zero-order valence-electron chi connectivity index (χ0n) is 11.0. The van der Waals surface area contributed by atoms with E-state index in [-0.39, 0.29) is 24.4 Å². The van der Waals surface area contributed by atoms with Crippen LogP contribution >= 0.6 is 0 Å². The van der Waals surface area contributed by atoms with Gasteiger partial charge in [-0.1, -0.05) is 6.92 Å². The molecule has 1 aliphatic heterocycles. The van der Waals surface area contributed by atoms with E-state index in [1.807, 2.05) is 13.8 Å². The Hall–Kier alpha value is -1.10. The Morgan fingerprint density at radius 3 is 2.82 bits per heavy atom. The van der Waals surface area contributed by atoms with E-state index < -0.39 is 0 Å². The van der Waals surface area contributed by atoms with Crippen LogP contribution in [0.3, 0.4) is 0 Å². The first-order valence-corrected chi connectivity index (χ1v) is 6.29. The Bertz CT molecular complexity index is 281. The monoisotopic (exact) mass is 241 g/mol. The smallest absolute Gasteiger partial charge is 0.241 e. The highest BCUT2D eigenvalue weighted by molar-refractivity contribution is 5.85. The molecular weight excluding hydrogens is 218 g/mol. The third-order valence-electron chi connectivity index (χ3n) is 3.06. The van der Waals surface area contributed by atoms with Crippen LogP contribution in [0, 0.1) is 0 Å². The summed E-state index contributed by atoms with van der Waals surface area (Å²) >= 11 is 0. The molecule has 1 saturated heterocycles. The normalized spacial score (nSPS) is 19.1. The Kier molecular flexibility index (Phi) is 5.41. The summed E-state index contributed by atoms with van der Waals surface area (Å²) < 4.78 is 0. The van der Waals surface area contributed by atoms with Crippen molar-refractivity contribution in [3.05, 3.63) is 0 Å². The van der Waals surface area contributed by atoms with Crippen LogP contribution in [0.5, 0.6) is 0 Å². The van der Waals surface area contributed by atoms with Gasteiger partial charge in [0.05, 0.1) is 6.54 Å². The average molecular weight is 241 g/mol. The maximum atomic E-state index is 12.0. The number of hydrogen-bond acceptors (Lipinski definition) is 3. The van der Waals surface area contributed by atoms with Gasteiger partial charge in [-0.15, -0.1) is 0 Å². The molecule has 1 fully saturated rings. The van der Waals surface area contributed by atoms with Crippen molar-refractivity contribution in [2.45, 2.75) is 32.7 Å². The van der Waals surface area contributed by atoms with Crippen LogP contribution in [0.1, 0.15) is 26.7 Å². The predicted octanol–water partition coefficient (Wildman–Crippen LogP) is 0.0652. The molecule has 1 rings (SSSR count). The van der Waals surface area contributed by atoms with Gasteiger partial charge in [-0.25, -0.2) is 0 Å². The van der Waals surface area contributed by atoms with Gasteiger partial charge in [-0.3, -0.25) is 9.59 Å². The topological polar surface area (TPSA) is 52.7 Å². The highest BCUT2D eigenvalue weighted by Gasteiger charge is 2.23. The van der Waals surface area contributed by atoms with Crippen molar-refractivity contribution in [3.63, 3.8) is 0 Å². The van der Waals surface area contributed by atoms with Crippen LogP contribution in [0.25, 0.3) is 0 Å². The molecule has 17 heavy (non-hydrogen) atoms. The Labute approximate surface area is 103 Å². The maximum absolute atomic E-state index is 12.0. The van der Waals surface area contributed by atoms with Crippen LogP contribution in [0.2, 0.25) is 0 Å². The molecule has 0 aromatic rings. The van der Waals surface area contributed by atoms with Gasteiger partial charge < -0.3 is 15.1 Å². The van der Waals surface area contributed by atoms with Crippen LogP contribution in [0.4, 0.5) is 0 Å². The molecule has 1 unspecified atom stereocenters. The van der Waals surface area contributed by atoms with Crippen LogP contribution in [-0.2, 0) is 9.59 Å². The van der Waals surface area contributed by atoms with Crippen molar-refractivity contribution in [1.29, 1.82) is 0 Å². The van der Waals surface area contributed by atoms with Gasteiger partial charge in [0.25, 0.3) is 0 Å². The van der Waals surface area contributed by atoms with Gasteiger partial charge in [-0.05, 0) is 19.9 Å². The highest BCUT2D eigenvalue weighted by Crippen LogP contribution is 2.06. The molecule has 1 atom stereocenters. The minimum Gasteiger partial charge on any atom is -0.344 e. The maximum Gasteiger partial charge on any atom is 0.241 e. The number of carbonyl (C=O) groups excluding carboxylic acids is 2. The fourth-order valence-corrected chi connectivity index (χ4v) is 2.01. The zero-order valence-corrected chi connectivity index (χ0v) is 11.0. The predicted molar refractivity (Wildman–Crippen MR) is 66.6 cm³/mol. The minimum atomic E-state index is 0.0342. The summed E-state index contributed by atoms with van der Waals surface area (Å²) in [7, 11) is 1.79. The fraction of sp³-hybridized carbons (Fsp3) is 0.833. The summed E-state index contributed by atoms with van der Waals surface area (Å²) in [4.78, 5) is 27.0. The van der Waals surface area contributed by atoms with Crippen molar-refractivity contribution >= 4 is 11.8 Å². The fourth-order valence-electron chi connectivity index (χ4n) is 2.01. The molecule has 0 aliphatic carbocycles. The molecule has 0 radical (unpaired) electrons. The lowest BCUT2D eigenvalue weighted by Gasteiger charge is -2.22. The second-order valence-electron chi connectivity index (χ2n) is 4.65. The molecule has 98 valence electrons. The number of nitrogens with one attached hydrogen (secondary N) is 1. The quantitative estimate of drug-likeness (QED) is 0.757. The lowest BCUT2D eigenvalue weighted by molar-refractivity contribution is -0.138. The van der Waals surface area contributed by atoms with Crippen molar-refractivity contribution < 1.29 is 9.59 Å². The first kappa shape index (κ1) is 14.0. The van der Waals surface area contributed by atoms with Crippen molar-refractivity contribution in [1.82, 2.24) is 15.1 Å². The minimum absolute atomic E-state index is 0.0342. The molecule has 0 spiro atoms. The third-order valence-corrected chi connectivity index (χ3v) is 3.06. The molecule has 1 N–H and O–H groups in total. The number of carbonyl (C=O) groups is 2. The molecule has 0 aromatic carbocycles. The van der Waals surface area contributed by atoms with E-state index in [4.69, 9.17) is 0 Å². The first-order valence-electron chi connectivity index (χ1n) is 6.29. The summed E-state index contributed by atoms with van der Waals surface area (Å²) in [5, 5.41) is 3.21. The number of likely N-dealkylation sites (N-methyl/N-ethyl adjacent to an activating group) is 1. The van der Waals surface area contributed by atoms with Gasteiger partial charge in [0.2, 0.25) is 11.8 Å². The number of hydrogen-bond donors (Lipinski definition) is 1. The molecule has 0 bridgehead atoms. The Morgan fingerprint density at radius 1 is 1.47 bits per heavy atom. The van der Waals surface area contributed by atoms with Gasteiger partial charge in [-0.2, -0.15) is 0 Å². The zero-order chi connectivity index (χ0) is 12.8. The van der Waals surface area contributed by atoms with Crippen molar-refractivity contribution in [2.24, 2.45) is 0 Å². The Balaban J connectivity index is 2.48. The van der Waals surface area contributed by atoms with Crippen LogP contribution < -0.4 is 5.32 Å². The van der Waals surface area contributed by atoms with E-state index >= 15 is 0 Å². The highest BCUT2D eigenvalue weighted by atomic mass is 16.2. The van der Waals surface area contributed by atoms with E-state index in [1.54, 1.807) is 16.8 Å².